The van der Waals surface area contributed by atoms with Crippen LogP contribution in [0.25, 0.3) is 16.5 Å². The lowest BCUT2D eigenvalue weighted by molar-refractivity contribution is -0.0426. The molecule has 0 spiro atoms. The summed E-state index contributed by atoms with van der Waals surface area (Å²) < 4.78 is 74.9. The molecule has 1 radical (unpaired) electrons. The lowest BCUT2D eigenvalue weighted by atomic mass is 10.0. The number of hydrogen-bond acceptors (Lipinski definition) is 4. The van der Waals surface area contributed by atoms with Crippen LogP contribution in [0.2, 0.25) is 0 Å². The number of sulfone groups is 1. The third-order valence-electron chi connectivity index (χ3n) is 3.76. The quantitative estimate of drug-likeness (QED) is 0.710. The number of carbonyl (C=O) groups excluding carboxylic acids is 1. The van der Waals surface area contributed by atoms with Crippen LogP contribution in [0.3, 0.4) is 0 Å². The average molecular weight is 389 g/mol. The zero-order chi connectivity index (χ0) is 18.6. The number of alkyl halides is 3. The van der Waals surface area contributed by atoms with Crippen molar-refractivity contribution in [3.05, 3.63) is 51.0 Å². The van der Waals surface area contributed by atoms with Gasteiger partial charge in [-0.1, -0.05) is 12.1 Å². The Balaban J connectivity index is 2.14. The van der Waals surface area contributed by atoms with E-state index in [1.165, 1.54) is 19.1 Å². The Morgan fingerprint density at radius 1 is 1.24 bits per heavy atom. The molecular formula is C16H9F4O3S2. The molecular weight excluding hydrogens is 380 g/mol. The monoisotopic (exact) mass is 389 g/mol. The van der Waals surface area contributed by atoms with E-state index >= 15 is 0 Å². The summed E-state index contributed by atoms with van der Waals surface area (Å²) in [6.45, 7) is 1.52. The summed E-state index contributed by atoms with van der Waals surface area (Å²) in [6.07, 6.45) is -0.0253. The Labute approximate surface area is 144 Å². The molecule has 0 unspecified atom stereocenters. The van der Waals surface area contributed by atoms with E-state index in [1.54, 1.807) is 6.07 Å². The molecule has 1 aliphatic carbocycles. The zero-order valence-electron chi connectivity index (χ0n) is 12.6. The summed E-state index contributed by atoms with van der Waals surface area (Å²) in [4.78, 5) is 11.5. The van der Waals surface area contributed by atoms with E-state index < -0.39 is 38.3 Å². The topological polar surface area (TPSA) is 51.2 Å². The molecule has 2 aromatic rings. The van der Waals surface area contributed by atoms with Crippen LogP contribution in [0.4, 0.5) is 17.6 Å². The summed E-state index contributed by atoms with van der Waals surface area (Å²) >= 11 is 0.894. The number of carbonyl (C=O) groups is 1. The average Bonchev–Trinajstić information content (AvgIpc) is 2.93. The number of halogens is 4. The van der Waals surface area contributed by atoms with Gasteiger partial charge in [-0.15, -0.1) is 11.3 Å². The molecule has 3 rings (SSSR count). The number of ketones is 1. The van der Waals surface area contributed by atoms with Crippen LogP contribution in [-0.2, 0) is 9.84 Å². The second kappa shape index (κ2) is 5.77. The van der Waals surface area contributed by atoms with Gasteiger partial charge in [0.15, 0.2) is 5.78 Å². The summed E-state index contributed by atoms with van der Waals surface area (Å²) in [5.74, 6) is -1.24. The van der Waals surface area contributed by atoms with Crippen LogP contribution in [0.15, 0.2) is 23.1 Å². The summed E-state index contributed by atoms with van der Waals surface area (Å²) in [7, 11) is -5.57. The van der Waals surface area contributed by atoms with Crippen molar-refractivity contribution in [3.63, 3.8) is 0 Å². The smallest absolute Gasteiger partial charge is 0.294 e. The first-order chi connectivity index (χ1) is 11.5. The maximum Gasteiger partial charge on any atom is 0.501 e. The van der Waals surface area contributed by atoms with Crippen LogP contribution >= 0.6 is 11.3 Å². The first-order valence-electron chi connectivity index (χ1n) is 6.89. The van der Waals surface area contributed by atoms with Crippen molar-refractivity contribution in [1.29, 1.82) is 0 Å². The van der Waals surface area contributed by atoms with Gasteiger partial charge in [-0.3, -0.25) is 4.79 Å². The highest BCUT2D eigenvalue weighted by molar-refractivity contribution is 7.96. The van der Waals surface area contributed by atoms with E-state index in [9.17, 15) is 30.8 Å². The van der Waals surface area contributed by atoms with Crippen LogP contribution in [-0.4, -0.2) is 19.7 Å². The van der Waals surface area contributed by atoms with Crippen molar-refractivity contribution in [3.8, 4) is 10.4 Å². The van der Waals surface area contributed by atoms with Crippen molar-refractivity contribution in [2.24, 2.45) is 0 Å². The fourth-order valence-corrected chi connectivity index (χ4v) is 4.55. The van der Waals surface area contributed by atoms with E-state index in [0.717, 1.165) is 17.4 Å². The number of thiophene rings is 1. The van der Waals surface area contributed by atoms with E-state index in [2.05, 4.69) is 6.07 Å². The number of Topliss-reactive ketones (excluding diaryl/α,β-unsaturated/α-hetero) is 1. The minimum Gasteiger partial charge on any atom is -0.294 e. The van der Waals surface area contributed by atoms with Gasteiger partial charge in [0.05, 0.1) is 4.91 Å². The van der Waals surface area contributed by atoms with Gasteiger partial charge in [-0.05, 0) is 30.2 Å². The largest absolute Gasteiger partial charge is 0.501 e. The maximum atomic E-state index is 13.7. The van der Waals surface area contributed by atoms with E-state index in [4.69, 9.17) is 0 Å². The van der Waals surface area contributed by atoms with Gasteiger partial charge in [-0.25, -0.2) is 12.8 Å². The van der Waals surface area contributed by atoms with E-state index in [1.807, 2.05) is 0 Å². The summed E-state index contributed by atoms with van der Waals surface area (Å²) in [5.41, 5.74) is -4.71. The molecule has 0 amide bonds. The Morgan fingerprint density at radius 3 is 2.56 bits per heavy atom. The molecule has 25 heavy (non-hydrogen) atoms. The van der Waals surface area contributed by atoms with Gasteiger partial charge < -0.3 is 0 Å². The third kappa shape index (κ3) is 2.91. The fourth-order valence-electron chi connectivity index (χ4n) is 2.41. The molecule has 0 N–H and O–H groups in total. The highest BCUT2D eigenvalue weighted by Crippen LogP contribution is 2.41. The molecule has 9 heteroatoms. The Morgan fingerprint density at radius 2 is 1.92 bits per heavy atom. The molecule has 0 bridgehead atoms. The van der Waals surface area contributed by atoms with Crippen LogP contribution in [0.1, 0.15) is 27.2 Å². The van der Waals surface area contributed by atoms with Crippen molar-refractivity contribution < 1.29 is 30.8 Å². The number of hydrogen-bond donors (Lipinski definition) is 0. The van der Waals surface area contributed by atoms with Gasteiger partial charge in [0, 0.05) is 27.8 Å². The Kier molecular flexibility index (Phi) is 4.11. The summed E-state index contributed by atoms with van der Waals surface area (Å²) in [5, 5.41) is 0. The lowest BCUT2D eigenvalue weighted by Crippen LogP contribution is -2.27. The molecule has 1 aromatic carbocycles. The fraction of sp³-hybridized carbons (Fsp3) is 0.188. The Bertz CT molecular complexity index is 1010. The van der Waals surface area contributed by atoms with Gasteiger partial charge >= 0.3 is 5.51 Å². The molecule has 1 aliphatic rings. The molecule has 0 atom stereocenters. The molecule has 0 aliphatic heterocycles. The highest BCUT2D eigenvalue weighted by Gasteiger charge is 2.49. The highest BCUT2D eigenvalue weighted by atomic mass is 32.2. The molecule has 0 saturated heterocycles. The van der Waals surface area contributed by atoms with Crippen LogP contribution in [0, 0.1) is 18.8 Å². The number of rotatable bonds is 2. The van der Waals surface area contributed by atoms with E-state index in [-0.39, 0.29) is 10.4 Å². The second-order valence-corrected chi connectivity index (χ2v) is 8.41. The predicted molar refractivity (Wildman–Crippen MR) is 85.2 cm³/mol. The molecule has 131 valence electrons. The minimum absolute atomic E-state index is 0.0183. The van der Waals surface area contributed by atoms with Gasteiger partial charge in [0.1, 0.15) is 5.82 Å². The van der Waals surface area contributed by atoms with Crippen molar-refractivity contribution in [1.82, 2.24) is 0 Å². The van der Waals surface area contributed by atoms with Gasteiger partial charge in [0.2, 0.25) is 0 Å². The van der Waals surface area contributed by atoms with Crippen LogP contribution < -0.4 is 0 Å². The van der Waals surface area contributed by atoms with Crippen molar-refractivity contribution in [2.45, 2.75) is 18.9 Å². The molecule has 1 heterocycles. The van der Waals surface area contributed by atoms with E-state index in [0.29, 0.717) is 16.0 Å². The zero-order valence-corrected chi connectivity index (χ0v) is 14.2. The SMILES string of the molecule is Cc1c(F)cccc1-c1[c]c2c(s1)C=C(S(=O)(=O)C(F)(F)F)CC2=O. The Hall–Kier alpha value is -2.00. The third-order valence-corrected chi connectivity index (χ3v) is 6.39. The number of fused-ring (bicyclic) bond motifs is 1. The first kappa shape index (κ1) is 17.8. The van der Waals surface area contributed by atoms with Gasteiger partial charge in [0.25, 0.3) is 9.84 Å². The maximum absolute atomic E-state index is 13.7. The number of allylic oxidation sites excluding steroid dienone is 1. The second-order valence-electron chi connectivity index (χ2n) is 5.37. The predicted octanol–water partition coefficient (Wildman–Crippen LogP) is 4.52. The molecule has 0 fully saturated rings. The molecule has 0 saturated carbocycles. The molecule has 1 aromatic heterocycles. The molecule has 3 nitrogen and oxygen atoms in total. The van der Waals surface area contributed by atoms with Crippen LogP contribution in [0.5, 0.6) is 0 Å². The normalized spacial score (nSPS) is 15.1. The first-order valence-corrected chi connectivity index (χ1v) is 9.19. The van der Waals surface area contributed by atoms with Crippen molar-refractivity contribution >= 4 is 33.0 Å². The van der Waals surface area contributed by atoms with Crippen molar-refractivity contribution in [2.75, 3.05) is 0 Å². The standard InChI is InChI=1S/C16H9F4O3S2/c1-8-10(3-2-4-12(8)17)15-7-11-13(21)5-9(6-14(11)24-15)25(22,23)16(18,19)20/h2-4,6H,5H2,1H3. The summed E-state index contributed by atoms with van der Waals surface area (Å²) in [6, 6.07) is 7.07. The number of benzene rings is 1. The lowest BCUT2D eigenvalue weighted by Gasteiger charge is -2.14. The van der Waals surface area contributed by atoms with Gasteiger partial charge in [-0.2, -0.15) is 13.2 Å². The minimum atomic E-state index is -5.57.